The summed E-state index contributed by atoms with van der Waals surface area (Å²) >= 11 is 0. The lowest BCUT2D eigenvalue weighted by atomic mass is 9.86. The molecule has 0 atom stereocenters. The Labute approximate surface area is 126 Å². The molecule has 0 bridgehead atoms. The lowest BCUT2D eigenvalue weighted by Crippen LogP contribution is -2.45. The van der Waals surface area contributed by atoms with E-state index in [4.69, 9.17) is 5.73 Å². The van der Waals surface area contributed by atoms with Crippen LogP contribution in [-0.2, 0) is 16.6 Å². The first kappa shape index (κ1) is 15.3. The number of benzene rings is 1. The molecule has 4 heteroatoms. The van der Waals surface area contributed by atoms with Crippen LogP contribution in [0.1, 0.15) is 44.7 Å². The Bertz CT molecular complexity index is 544. The molecule has 1 amide bonds. The Morgan fingerprint density at radius 1 is 1.30 bits per heavy atom. The molecule has 2 N–H and O–H groups in total. The van der Waals surface area contributed by atoms with Gasteiger partial charge in [-0.25, -0.2) is 0 Å². The van der Waals surface area contributed by atoms with Gasteiger partial charge in [0, 0.05) is 12.2 Å². The Morgan fingerprint density at radius 3 is 2.50 bits per heavy atom. The highest BCUT2D eigenvalue weighted by Crippen LogP contribution is 2.39. The van der Waals surface area contributed by atoms with Crippen LogP contribution in [0, 0.1) is 0 Å². The van der Waals surface area contributed by atoms with E-state index in [1.54, 1.807) is 0 Å². The third-order valence-electron chi connectivity index (χ3n) is 4.30. The number of hydrogen-bond donors (Lipinski definition) is 1. The standard InChI is InChI=1S/C16H22N2O.ClH/c1-15(2,3)12-4-5-13-11(10-12)6-9-18(13)14(19)16(17)7-8-16;/h4-5,10H,6-9,17H2,1-3H3;1H. The van der Waals surface area contributed by atoms with E-state index in [1.165, 1.54) is 11.1 Å². The second kappa shape index (κ2) is 4.74. The monoisotopic (exact) mass is 294 g/mol. The highest BCUT2D eigenvalue weighted by Gasteiger charge is 2.49. The van der Waals surface area contributed by atoms with Crippen LogP contribution < -0.4 is 10.6 Å². The quantitative estimate of drug-likeness (QED) is 0.866. The lowest BCUT2D eigenvalue weighted by molar-refractivity contribution is -0.120. The topological polar surface area (TPSA) is 46.3 Å². The van der Waals surface area contributed by atoms with E-state index >= 15 is 0 Å². The molecule has 1 aromatic rings. The van der Waals surface area contributed by atoms with Gasteiger partial charge in [0.05, 0.1) is 5.54 Å². The molecule has 1 fully saturated rings. The summed E-state index contributed by atoms with van der Waals surface area (Å²) in [4.78, 5) is 14.3. The van der Waals surface area contributed by atoms with Crippen LogP contribution in [0.4, 0.5) is 5.69 Å². The van der Waals surface area contributed by atoms with Gasteiger partial charge in [-0.1, -0.05) is 32.9 Å². The number of amides is 1. The Balaban J connectivity index is 0.00000147. The first-order valence-electron chi connectivity index (χ1n) is 7.05. The predicted octanol–water partition coefficient (Wildman–Crippen LogP) is 2.79. The van der Waals surface area contributed by atoms with E-state index in [2.05, 4.69) is 39.0 Å². The van der Waals surface area contributed by atoms with Gasteiger partial charge < -0.3 is 10.6 Å². The smallest absolute Gasteiger partial charge is 0.247 e. The Hall–Kier alpha value is -1.06. The average Bonchev–Trinajstić information content (AvgIpc) is 2.95. The summed E-state index contributed by atoms with van der Waals surface area (Å²) in [6.45, 7) is 7.42. The largest absolute Gasteiger partial charge is 0.317 e. The van der Waals surface area contributed by atoms with Gasteiger partial charge in [0.15, 0.2) is 0 Å². The van der Waals surface area contributed by atoms with E-state index in [1.807, 2.05) is 4.90 Å². The van der Waals surface area contributed by atoms with E-state index in [0.29, 0.717) is 0 Å². The van der Waals surface area contributed by atoms with Crippen LogP contribution in [0.3, 0.4) is 0 Å². The van der Waals surface area contributed by atoms with Crippen molar-refractivity contribution in [3.63, 3.8) is 0 Å². The molecule has 0 radical (unpaired) electrons. The van der Waals surface area contributed by atoms with E-state index in [0.717, 1.165) is 31.5 Å². The van der Waals surface area contributed by atoms with Crippen molar-refractivity contribution in [3.05, 3.63) is 29.3 Å². The van der Waals surface area contributed by atoms with Crippen molar-refractivity contribution in [1.29, 1.82) is 0 Å². The van der Waals surface area contributed by atoms with Crippen LogP contribution >= 0.6 is 12.4 Å². The fraction of sp³-hybridized carbons (Fsp3) is 0.562. The van der Waals surface area contributed by atoms with Crippen LogP contribution in [0.5, 0.6) is 0 Å². The van der Waals surface area contributed by atoms with Crippen molar-refractivity contribution < 1.29 is 4.79 Å². The number of rotatable bonds is 1. The second-order valence-electron chi connectivity index (χ2n) is 6.96. The molecule has 20 heavy (non-hydrogen) atoms. The number of carbonyl (C=O) groups excluding carboxylic acids is 1. The summed E-state index contributed by atoms with van der Waals surface area (Å²) in [5, 5.41) is 0. The number of nitrogens with zero attached hydrogens (tertiary/aromatic N) is 1. The molecule has 1 heterocycles. The van der Waals surface area contributed by atoms with Crippen molar-refractivity contribution >= 4 is 24.0 Å². The number of fused-ring (bicyclic) bond motifs is 1. The maximum absolute atomic E-state index is 12.4. The predicted molar refractivity (Wildman–Crippen MR) is 84.6 cm³/mol. The molecule has 0 aromatic heterocycles. The van der Waals surface area contributed by atoms with Gasteiger partial charge in [0.1, 0.15) is 0 Å². The zero-order chi connectivity index (χ0) is 13.8. The van der Waals surface area contributed by atoms with Gasteiger partial charge >= 0.3 is 0 Å². The van der Waals surface area contributed by atoms with Crippen LogP contribution in [-0.4, -0.2) is 18.0 Å². The van der Waals surface area contributed by atoms with Gasteiger partial charge in [-0.05, 0) is 41.9 Å². The molecule has 2 aliphatic rings. The third-order valence-corrected chi connectivity index (χ3v) is 4.30. The first-order valence-corrected chi connectivity index (χ1v) is 7.05. The molecule has 1 saturated carbocycles. The van der Waals surface area contributed by atoms with Crippen molar-refractivity contribution in [2.75, 3.05) is 11.4 Å². The third kappa shape index (κ3) is 2.45. The lowest BCUT2D eigenvalue weighted by Gasteiger charge is -2.23. The van der Waals surface area contributed by atoms with Crippen LogP contribution in [0.25, 0.3) is 0 Å². The minimum atomic E-state index is -0.565. The number of carbonyl (C=O) groups is 1. The summed E-state index contributed by atoms with van der Waals surface area (Å²) in [5.41, 5.74) is 9.30. The average molecular weight is 295 g/mol. The Morgan fingerprint density at radius 2 is 1.95 bits per heavy atom. The van der Waals surface area contributed by atoms with Crippen LogP contribution in [0.2, 0.25) is 0 Å². The van der Waals surface area contributed by atoms with E-state index < -0.39 is 5.54 Å². The minimum absolute atomic E-state index is 0. The normalized spacial score (nSPS) is 19.3. The molecule has 1 aliphatic heterocycles. The minimum Gasteiger partial charge on any atom is -0.317 e. The summed E-state index contributed by atoms with van der Waals surface area (Å²) in [6, 6.07) is 6.48. The molecule has 0 spiro atoms. The maximum atomic E-state index is 12.4. The fourth-order valence-electron chi connectivity index (χ4n) is 2.70. The van der Waals surface area contributed by atoms with Gasteiger partial charge in [0.25, 0.3) is 0 Å². The summed E-state index contributed by atoms with van der Waals surface area (Å²) in [5.74, 6) is 0.106. The van der Waals surface area contributed by atoms with Gasteiger partial charge in [-0.15, -0.1) is 12.4 Å². The van der Waals surface area contributed by atoms with Crippen molar-refractivity contribution in [3.8, 4) is 0 Å². The van der Waals surface area contributed by atoms with Gasteiger partial charge in [-0.2, -0.15) is 0 Å². The molecule has 3 rings (SSSR count). The molecule has 110 valence electrons. The highest BCUT2D eigenvalue weighted by atomic mass is 35.5. The molecular formula is C16H23ClN2O. The zero-order valence-corrected chi connectivity index (χ0v) is 13.2. The van der Waals surface area contributed by atoms with Crippen molar-refractivity contribution in [2.24, 2.45) is 5.73 Å². The highest BCUT2D eigenvalue weighted by molar-refractivity contribution is 6.03. The molecular weight excluding hydrogens is 272 g/mol. The van der Waals surface area contributed by atoms with Crippen molar-refractivity contribution in [2.45, 2.75) is 51.0 Å². The number of halogens is 1. The fourth-order valence-corrected chi connectivity index (χ4v) is 2.70. The maximum Gasteiger partial charge on any atom is 0.247 e. The van der Waals surface area contributed by atoms with Crippen molar-refractivity contribution in [1.82, 2.24) is 0 Å². The van der Waals surface area contributed by atoms with Gasteiger partial charge in [-0.3, -0.25) is 4.79 Å². The number of hydrogen-bond acceptors (Lipinski definition) is 2. The Kier molecular flexibility index (Phi) is 3.64. The molecule has 0 unspecified atom stereocenters. The summed E-state index contributed by atoms with van der Waals surface area (Å²) in [6.07, 6.45) is 2.61. The van der Waals surface area contributed by atoms with Gasteiger partial charge in [0.2, 0.25) is 5.91 Å². The number of nitrogens with two attached hydrogens (primary N) is 1. The summed E-state index contributed by atoms with van der Waals surface area (Å²) < 4.78 is 0. The molecule has 0 saturated heterocycles. The van der Waals surface area contributed by atoms with E-state index in [-0.39, 0.29) is 23.7 Å². The van der Waals surface area contributed by atoms with E-state index in [9.17, 15) is 4.79 Å². The number of anilines is 1. The SMILES string of the molecule is CC(C)(C)c1ccc2c(c1)CCN2C(=O)C1(N)CC1.Cl. The first-order chi connectivity index (χ1) is 8.81. The second-order valence-corrected chi connectivity index (χ2v) is 6.96. The molecule has 1 aromatic carbocycles. The zero-order valence-electron chi connectivity index (χ0n) is 12.4. The molecule has 3 nitrogen and oxygen atoms in total. The van der Waals surface area contributed by atoms with Crippen LogP contribution in [0.15, 0.2) is 18.2 Å². The molecule has 1 aliphatic carbocycles. The summed E-state index contributed by atoms with van der Waals surface area (Å²) in [7, 11) is 0.